The van der Waals surface area contributed by atoms with Gasteiger partial charge in [0.15, 0.2) is 0 Å². The Morgan fingerprint density at radius 2 is 1.15 bits per heavy atom. The van der Waals surface area contributed by atoms with E-state index in [-0.39, 0.29) is 24.6 Å². The standard InChI is InChI=1S/C24H46O3/c1-2-3-4-5-6-7-8-9-10-11-12-13-14-15-16-17-18-19-22-20-23(21-25)27-24(22)26/h22-23,25H,2-21H2,1H3. The van der Waals surface area contributed by atoms with Crippen LogP contribution in [0.15, 0.2) is 0 Å². The van der Waals surface area contributed by atoms with E-state index in [2.05, 4.69) is 6.92 Å². The fourth-order valence-corrected chi connectivity index (χ4v) is 4.19. The number of ether oxygens (including phenoxy) is 1. The molecule has 160 valence electrons. The molecule has 1 saturated heterocycles. The number of hydrogen-bond donors (Lipinski definition) is 1. The van der Waals surface area contributed by atoms with Crippen molar-refractivity contribution in [2.45, 2.75) is 135 Å². The number of esters is 1. The van der Waals surface area contributed by atoms with Crippen molar-refractivity contribution in [2.75, 3.05) is 6.61 Å². The molecule has 1 heterocycles. The van der Waals surface area contributed by atoms with Crippen LogP contribution >= 0.6 is 0 Å². The van der Waals surface area contributed by atoms with Gasteiger partial charge in [-0.15, -0.1) is 0 Å². The van der Waals surface area contributed by atoms with Gasteiger partial charge in [0, 0.05) is 0 Å². The predicted octanol–water partition coefficient (Wildman–Crippen LogP) is 6.95. The van der Waals surface area contributed by atoms with Crippen LogP contribution in [0.25, 0.3) is 0 Å². The highest BCUT2D eigenvalue weighted by Crippen LogP contribution is 2.26. The minimum atomic E-state index is -0.242. The van der Waals surface area contributed by atoms with Gasteiger partial charge in [-0.05, 0) is 12.8 Å². The van der Waals surface area contributed by atoms with Gasteiger partial charge in [0.2, 0.25) is 0 Å². The molecule has 2 unspecified atom stereocenters. The van der Waals surface area contributed by atoms with E-state index in [9.17, 15) is 4.79 Å². The molecular formula is C24H46O3. The maximum atomic E-state index is 11.6. The minimum absolute atomic E-state index is 0.0265. The van der Waals surface area contributed by atoms with Crippen molar-refractivity contribution in [3.8, 4) is 0 Å². The number of rotatable bonds is 19. The van der Waals surface area contributed by atoms with Gasteiger partial charge in [-0.1, -0.05) is 116 Å². The number of aliphatic hydroxyl groups is 1. The lowest BCUT2D eigenvalue weighted by molar-refractivity contribution is -0.145. The van der Waals surface area contributed by atoms with E-state index in [0.717, 1.165) is 12.8 Å². The van der Waals surface area contributed by atoms with E-state index >= 15 is 0 Å². The number of unbranched alkanes of at least 4 members (excludes halogenated alkanes) is 16. The minimum Gasteiger partial charge on any atom is -0.460 e. The highest BCUT2D eigenvalue weighted by atomic mass is 16.6. The number of carbonyl (C=O) groups excluding carboxylic acids is 1. The summed E-state index contributed by atoms with van der Waals surface area (Å²) in [5, 5.41) is 9.04. The summed E-state index contributed by atoms with van der Waals surface area (Å²) in [6.07, 6.45) is 24.9. The molecule has 0 aromatic rings. The van der Waals surface area contributed by atoms with Crippen molar-refractivity contribution in [2.24, 2.45) is 5.92 Å². The number of aliphatic hydroxyl groups excluding tert-OH is 1. The molecule has 0 amide bonds. The predicted molar refractivity (Wildman–Crippen MR) is 114 cm³/mol. The van der Waals surface area contributed by atoms with Gasteiger partial charge in [0.25, 0.3) is 0 Å². The summed E-state index contributed by atoms with van der Waals surface area (Å²) in [6, 6.07) is 0. The summed E-state index contributed by atoms with van der Waals surface area (Å²) in [4.78, 5) is 11.6. The third-order valence-electron chi connectivity index (χ3n) is 6.02. The molecule has 0 spiro atoms. The van der Waals surface area contributed by atoms with Gasteiger partial charge in [0.05, 0.1) is 12.5 Å². The molecule has 1 aliphatic heterocycles. The van der Waals surface area contributed by atoms with Gasteiger partial charge in [-0.2, -0.15) is 0 Å². The van der Waals surface area contributed by atoms with Crippen molar-refractivity contribution >= 4 is 5.97 Å². The lowest BCUT2D eigenvalue weighted by Gasteiger charge is -2.05. The molecule has 0 bridgehead atoms. The smallest absolute Gasteiger partial charge is 0.309 e. The van der Waals surface area contributed by atoms with Crippen molar-refractivity contribution in [3.63, 3.8) is 0 Å². The van der Waals surface area contributed by atoms with E-state index in [1.54, 1.807) is 0 Å². The Balaban J connectivity index is 1.73. The molecule has 0 aromatic carbocycles. The third kappa shape index (κ3) is 13.3. The van der Waals surface area contributed by atoms with E-state index in [1.807, 2.05) is 0 Å². The summed E-state index contributed by atoms with van der Waals surface area (Å²) in [6.45, 7) is 2.26. The maximum Gasteiger partial charge on any atom is 0.309 e. The molecule has 27 heavy (non-hydrogen) atoms. The van der Waals surface area contributed by atoms with E-state index in [0.29, 0.717) is 6.42 Å². The Labute approximate surface area is 168 Å². The second-order valence-electron chi connectivity index (χ2n) is 8.62. The first-order valence-electron chi connectivity index (χ1n) is 12.1. The second-order valence-corrected chi connectivity index (χ2v) is 8.62. The van der Waals surface area contributed by atoms with Crippen LogP contribution in [0.4, 0.5) is 0 Å². The summed E-state index contributed by atoms with van der Waals surface area (Å²) < 4.78 is 5.12. The van der Waals surface area contributed by atoms with Crippen molar-refractivity contribution in [1.82, 2.24) is 0 Å². The molecule has 3 heteroatoms. The van der Waals surface area contributed by atoms with Crippen LogP contribution in [-0.4, -0.2) is 23.8 Å². The fourth-order valence-electron chi connectivity index (χ4n) is 4.19. The number of hydrogen-bond acceptors (Lipinski definition) is 3. The zero-order valence-electron chi connectivity index (χ0n) is 18.1. The first-order chi connectivity index (χ1) is 13.3. The Bertz CT molecular complexity index is 343. The third-order valence-corrected chi connectivity index (χ3v) is 6.02. The Kier molecular flexibility index (Phi) is 15.9. The molecule has 0 aromatic heterocycles. The molecule has 1 N–H and O–H groups in total. The monoisotopic (exact) mass is 382 g/mol. The highest BCUT2D eigenvalue weighted by Gasteiger charge is 2.33. The molecule has 3 nitrogen and oxygen atoms in total. The zero-order chi connectivity index (χ0) is 19.6. The van der Waals surface area contributed by atoms with Gasteiger partial charge < -0.3 is 9.84 Å². The molecule has 0 saturated carbocycles. The average Bonchev–Trinajstić information content (AvgIpc) is 3.04. The van der Waals surface area contributed by atoms with Crippen LogP contribution in [0.5, 0.6) is 0 Å². The summed E-state index contributed by atoms with van der Waals surface area (Å²) in [7, 11) is 0. The lowest BCUT2D eigenvalue weighted by Crippen LogP contribution is -2.10. The van der Waals surface area contributed by atoms with Crippen LogP contribution in [0.3, 0.4) is 0 Å². The van der Waals surface area contributed by atoms with Gasteiger partial charge in [-0.3, -0.25) is 4.79 Å². The topological polar surface area (TPSA) is 46.5 Å². The zero-order valence-corrected chi connectivity index (χ0v) is 18.1. The Morgan fingerprint density at radius 1 is 0.741 bits per heavy atom. The summed E-state index contributed by atoms with van der Waals surface area (Å²) >= 11 is 0. The average molecular weight is 383 g/mol. The van der Waals surface area contributed by atoms with Crippen LogP contribution in [-0.2, 0) is 9.53 Å². The highest BCUT2D eigenvalue weighted by molar-refractivity contribution is 5.74. The molecule has 1 aliphatic rings. The Morgan fingerprint density at radius 3 is 1.52 bits per heavy atom. The molecular weight excluding hydrogens is 336 g/mol. The van der Waals surface area contributed by atoms with Crippen LogP contribution in [0, 0.1) is 5.92 Å². The SMILES string of the molecule is CCCCCCCCCCCCCCCCCCCC1CC(CO)OC1=O. The first-order valence-corrected chi connectivity index (χ1v) is 12.1. The fraction of sp³-hybridized carbons (Fsp3) is 0.958. The molecule has 1 rings (SSSR count). The summed E-state index contributed by atoms with van der Waals surface area (Å²) in [5.41, 5.74) is 0. The van der Waals surface area contributed by atoms with Gasteiger partial charge >= 0.3 is 5.97 Å². The number of cyclic esters (lactones) is 1. The van der Waals surface area contributed by atoms with Crippen molar-refractivity contribution < 1.29 is 14.6 Å². The van der Waals surface area contributed by atoms with Crippen molar-refractivity contribution in [1.29, 1.82) is 0 Å². The van der Waals surface area contributed by atoms with Crippen LogP contribution < -0.4 is 0 Å². The second kappa shape index (κ2) is 17.5. The quantitative estimate of drug-likeness (QED) is 0.194. The summed E-state index contributed by atoms with van der Waals surface area (Å²) in [5.74, 6) is -0.0518. The molecule has 2 atom stereocenters. The van der Waals surface area contributed by atoms with Crippen LogP contribution in [0.1, 0.15) is 129 Å². The normalized spacial score (nSPS) is 19.6. The van der Waals surface area contributed by atoms with E-state index < -0.39 is 0 Å². The Hall–Kier alpha value is -0.570. The first kappa shape index (κ1) is 24.5. The van der Waals surface area contributed by atoms with Gasteiger partial charge in [-0.25, -0.2) is 0 Å². The maximum absolute atomic E-state index is 11.6. The molecule has 1 fully saturated rings. The van der Waals surface area contributed by atoms with Gasteiger partial charge in [0.1, 0.15) is 6.10 Å². The van der Waals surface area contributed by atoms with E-state index in [1.165, 1.54) is 103 Å². The lowest BCUT2D eigenvalue weighted by atomic mass is 9.97. The van der Waals surface area contributed by atoms with Crippen molar-refractivity contribution in [3.05, 3.63) is 0 Å². The molecule has 0 radical (unpaired) electrons. The molecule has 0 aliphatic carbocycles. The largest absolute Gasteiger partial charge is 0.460 e. The van der Waals surface area contributed by atoms with Crippen LogP contribution in [0.2, 0.25) is 0 Å². The van der Waals surface area contributed by atoms with E-state index in [4.69, 9.17) is 9.84 Å². The number of carbonyl (C=O) groups is 1.